The lowest BCUT2D eigenvalue weighted by molar-refractivity contribution is 0.105. The summed E-state index contributed by atoms with van der Waals surface area (Å²) in [6, 6.07) is 5.58. The molecule has 8 nitrogen and oxygen atoms in total. The van der Waals surface area contributed by atoms with E-state index >= 15 is 0 Å². The summed E-state index contributed by atoms with van der Waals surface area (Å²) >= 11 is 6.04. The Balaban J connectivity index is 1.53. The topological polar surface area (TPSA) is 95.4 Å². The van der Waals surface area contributed by atoms with E-state index < -0.39 is 0 Å². The number of nitrogens with one attached hydrogen (secondary N) is 2. The fourth-order valence-corrected chi connectivity index (χ4v) is 4.28. The van der Waals surface area contributed by atoms with Gasteiger partial charge in [-0.05, 0) is 50.9 Å². The minimum atomic E-state index is 0.0323. The molecule has 2 aromatic rings. The van der Waals surface area contributed by atoms with E-state index in [1.54, 1.807) is 12.1 Å². The monoisotopic (exact) mass is 446 g/mol. The molecule has 0 unspecified atom stereocenters. The molecule has 0 atom stereocenters. The maximum absolute atomic E-state index is 9.67. The Morgan fingerprint density at radius 2 is 1.71 bits per heavy atom. The van der Waals surface area contributed by atoms with E-state index in [0.717, 1.165) is 38.8 Å². The van der Waals surface area contributed by atoms with Crippen molar-refractivity contribution in [3.05, 3.63) is 23.2 Å². The number of anilines is 3. The molecule has 0 amide bonds. The van der Waals surface area contributed by atoms with Crippen molar-refractivity contribution in [2.75, 3.05) is 30.8 Å². The van der Waals surface area contributed by atoms with Crippen LogP contribution in [0.3, 0.4) is 0 Å². The second-order valence-corrected chi connectivity index (χ2v) is 8.92. The zero-order valence-corrected chi connectivity index (χ0v) is 18.7. The summed E-state index contributed by atoms with van der Waals surface area (Å²) < 4.78 is 6.14. The maximum atomic E-state index is 9.67. The summed E-state index contributed by atoms with van der Waals surface area (Å²) in [4.78, 5) is 15.9. The van der Waals surface area contributed by atoms with Crippen LogP contribution in [0.25, 0.3) is 0 Å². The van der Waals surface area contributed by atoms with Gasteiger partial charge in [0.2, 0.25) is 11.9 Å². The first-order chi connectivity index (χ1) is 15.0. The highest BCUT2D eigenvalue weighted by Crippen LogP contribution is 2.28. The van der Waals surface area contributed by atoms with Gasteiger partial charge in [0.15, 0.2) is 0 Å². The van der Waals surface area contributed by atoms with Crippen LogP contribution in [0.2, 0.25) is 5.02 Å². The molecule has 3 N–H and O–H groups in total. The van der Waals surface area contributed by atoms with E-state index in [0.29, 0.717) is 29.6 Å². The predicted molar refractivity (Wildman–Crippen MR) is 122 cm³/mol. The molecule has 31 heavy (non-hydrogen) atoms. The predicted octanol–water partition coefficient (Wildman–Crippen LogP) is 4.58. The van der Waals surface area contributed by atoms with Crippen LogP contribution in [0.1, 0.15) is 51.4 Å². The Morgan fingerprint density at radius 1 is 1.00 bits per heavy atom. The molecular weight excluding hydrogens is 416 g/mol. The van der Waals surface area contributed by atoms with Gasteiger partial charge in [-0.15, -0.1) is 0 Å². The Labute approximate surface area is 188 Å². The summed E-state index contributed by atoms with van der Waals surface area (Å²) in [6.07, 6.45) is 9.24. The van der Waals surface area contributed by atoms with Crippen LogP contribution in [-0.2, 0) is 0 Å². The van der Waals surface area contributed by atoms with E-state index in [1.807, 2.05) is 0 Å². The molecule has 1 aromatic heterocycles. The molecule has 0 radical (unpaired) electrons. The van der Waals surface area contributed by atoms with Crippen molar-refractivity contribution in [2.24, 2.45) is 0 Å². The summed E-state index contributed by atoms with van der Waals surface area (Å²) in [5.41, 5.74) is 0.680. The van der Waals surface area contributed by atoms with Crippen molar-refractivity contribution in [2.45, 2.75) is 63.5 Å². The Kier molecular flexibility index (Phi) is 7.29. The molecule has 2 fully saturated rings. The molecule has 1 aliphatic heterocycles. The average molecular weight is 447 g/mol. The average Bonchev–Trinajstić information content (AvgIpc) is 3.01. The number of phenols is 1. The summed E-state index contributed by atoms with van der Waals surface area (Å²) in [5.74, 6) is 0.942. The van der Waals surface area contributed by atoms with Crippen LogP contribution in [-0.4, -0.2) is 57.2 Å². The number of aromatic nitrogens is 3. The van der Waals surface area contributed by atoms with Gasteiger partial charge in [0.25, 0.3) is 0 Å². The number of halogens is 1. The summed E-state index contributed by atoms with van der Waals surface area (Å²) in [6.45, 7) is 2.00. The zero-order valence-electron chi connectivity index (χ0n) is 18.0. The first-order valence-electron chi connectivity index (χ1n) is 11.2. The van der Waals surface area contributed by atoms with Gasteiger partial charge >= 0.3 is 6.01 Å². The van der Waals surface area contributed by atoms with E-state index in [1.165, 1.54) is 31.7 Å². The fourth-order valence-electron chi connectivity index (χ4n) is 4.10. The van der Waals surface area contributed by atoms with E-state index in [9.17, 15) is 5.11 Å². The lowest BCUT2D eigenvalue weighted by Gasteiger charge is -2.28. The summed E-state index contributed by atoms with van der Waals surface area (Å²) in [7, 11) is 2.12. The normalized spacial score (nSPS) is 19.0. The number of rotatable bonds is 6. The van der Waals surface area contributed by atoms with Gasteiger partial charge in [-0.2, -0.15) is 15.0 Å². The molecule has 1 saturated carbocycles. The van der Waals surface area contributed by atoms with Crippen molar-refractivity contribution in [3.63, 3.8) is 0 Å². The first kappa shape index (κ1) is 21.9. The van der Waals surface area contributed by atoms with Crippen LogP contribution in [0, 0.1) is 0 Å². The van der Waals surface area contributed by atoms with E-state index in [-0.39, 0.29) is 16.9 Å². The van der Waals surface area contributed by atoms with Crippen molar-refractivity contribution in [1.29, 1.82) is 0 Å². The number of ether oxygens (including phenoxy) is 1. The third kappa shape index (κ3) is 6.33. The van der Waals surface area contributed by atoms with Crippen molar-refractivity contribution in [3.8, 4) is 11.8 Å². The molecule has 0 spiro atoms. The van der Waals surface area contributed by atoms with Crippen LogP contribution in [0.5, 0.6) is 11.8 Å². The highest BCUT2D eigenvalue weighted by atomic mass is 35.5. The highest BCUT2D eigenvalue weighted by molar-refractivity contribution is 6.32. The number of likely N-dealkylation sites (tertiary alicyclic amines) is 1. The van der Waals surface area contributed by atoms with Gasteiger partial charge < -0.3 is 25.4 Å². The van der Waals surface area contributed by atoms with E-state index in [2.05, 4.69) is 37.5 Å². The molecule has 9 heteroatoms. The number of hydrogen-bond acceptors (Lipinski definition) is 8. The van der Waals surface area contributed by atoms with Gasteiger partial charge in [0, 0.05) is 24.8 Å². The number of aromatic hydroxyl groups is 1. The van der Waals surface area contributed by atoms with Crippen molar-refractivity contribution >= 4 is 29.2 Å². The molecule has 4 rings (SSSR count). The van der Waals surface area contributed by atoms with Crippen LogP contribution in [0.15, 0.2) is 18.2 Å². The fraction of sp³-hybridized carbons (Fsp3) is 0.591. The number of phenolic OH excluding ortho intramolecular Hbond substituents is 1. The molecule has 2 aliphatic rings. The second-order valence-electron chi connectivity index (χ2n) is 8.51. The summed E-state index contributed by atoms with van der Waals surface area (Å²) in [5, 5.41) is 16.6. The molecule has 0 bridgehead atoms. The van der Waals surface area contributed by atoms with E-state index in [4.69, 9.17) is 16.3 Å². The van der Waals surface area contributed by atoms with Gasteiger partial charge in [-0.3, -0.25) is 0 Å². The Hall–Kier alpha value is -2.32. The van der Waals surface area contributed by atoms with Crippen molar-refractivity contribution < 1.29 is 9.84 Å². The number of hydrogen-bond donors (Lipinski definition) is 3. The number of nitrogens with zero attached hydrogens (tertiary/aromatic N) is 4. The lowest BCUT2D eigenvalue weighted by atomic mass is 10.1. The molecular formula is C22H31ClN6O2. The third-order valence-electron chi connectivity index (χ3n) is 5.94. The first-order valence-corrected chi connectivity index (χ1v) is 11.6. The lowest BCUT2D eigenvalue weighted by Crippen LogP contribution is -2.36. The third-order valence-corrected chi connectivity index (χ3v) is 6.25. The molecule has 1 aromatic carbocycles. The molecule has 1 aliphatic carbocycles. The highest BCUT2D eigenvalue weighted by Gasteiger charge is 2.21. The largest absolute Gasteiger partial charge is 0.506 e. The quantitative estimate of drug-likeness (QED) is 0.438. The molecule has 1 saturated heterocycles. The molecule has 168 valence electrons. The standard InChI is InChI=1S/C22H31ClN6O2/c1-29-12-10-17(11-13-29)31-22-27-20(24-15-6-4-2-3-5-7-15)26-21(28-22)25-16-8-9-19(30)18(23)14-16/h8-9,14-15,17,30H,2-7,10-13H2,1H3,(H2,24,25,26,27,28). The van der Waals surface area contributed by atoms with Gasteiger partial charge in [-0.1, -0.05) is 37.3 Å². The minimum absolute atomic E-state index is 0.0323. The Bertz CT molecular complexity index is 867. The van der Waals surface area contributed by atoms with Gasteiger partial charge in [0.1, 0.15) is 11.9 Å². The van der Waals surface area contributed by atoms with Crippen LogP contribution < -0.4 is 15.4 Å². The van der Waals surface area contributed by atoms with Gasteiger partial charge in [0.05, 0.1) is 5.02 Å². The van der Waals surface area contributed by atoms with Crippen LogP contribution >= 0.6 is 11.6 Å². The number of piperidine rings is 1. The Morgan fingerprint density at radius 3 is 2.42 bits per heavy atom. The maximum Gasteiger partial charge on any atom is 0.323 e. The zero-order chi connectivity index (χ0) is 21.6. The van der Waals surface area contributed by atoms with Gasteiger partial charge in [-0.25, -0.2) is 0 Å². The second kappa shape index (κ2) is 10.3. The van der Waals surface area contributed by atoms with Crippen molar-refractivity contribution in [1.82, 2.24) is 19.9 Å². The number of benzene rings is 1. The van der Waals surface area contributed by atoms with Crippen LogP contribution in [0.4, 0.5) is 17.6 Å². The minimum Gasteiger partial charge on any atom is -0.506 e. The SMILES string of the molecule is CN1CCC(Oc2nc(Nc3ccc(O)c(Cl)c3)nc(NC3CCCCCC3)n2)CC1. The molecule has 2 heterocycles. The smallest absolute Gasteiger partial charge is 0.323 e.